The Balaban J connectivity index is 1.45. The Morgan fingerprint density at radius 1 is 1.20 bits per heavy atom. The maximum absolute atomic E-state index is 14.9. The topological polar surface area (TPSA) is 96.2 Å². The van der Waals surface area contributed by atoms with Crippen LogP contribution in [0.5, 0.6) is 0 Å². The summed E-state index contributed by atoms with van der Waals surface area (Å²) in [6.07, 6.45) is 8.09. The molecule has 184 valence electrons. The lowest BCUT2D eigenvalue weighted by Gasteiger charge is -2.35. The number of nitrogens with zero attached hydrogens (tertiary/aromatic N) is 3. The Morgan fingerprint density at radius 3 is 2.86 bits per heavy atom. The number of fused-ring (bicyclic) bond motifs is 1. The molecule has 35 heavy (non-hydrogen) atoms. The van der Waals surface area contributed by atoms with E-state index in [1.807, 2.05) is 6.07 Å². The Kier molecular flexibility index (Phi) is 6.67. The van der Waals surface area contributed by atoms with Crippen molar-refractivity contribution in [3.63, 3.8) is 0 Å². The van der Waals surface area contributed by atoms with Crippen LogP contribution in [0.4, 0.5) is 15.8 Å². The molecule has 2 aromatic heterocycles. The van der Waals surface area contributed by atoms with Crippen LogP contribution in [-0.2, 0) is 0 Å². The third-order valence-electron chi connectivity index (χ3n) is 7.38. The zero-order valence-corrected chi connectivity index (χ0v) is 20.3. The summed E-state index contributed by atoms with van der Waals surface area (Å²) in [5, 5.41) is 6.74. The van der Waals surface area contributed by atoms with Crippen molar-refractivity contribution in [2.75, 3.05) is 29.9 Å². The van der Waals surface area contributed by atoms with Crippen LogP contribution in [0.2, 0.25) is 0 Å². The molecule has 8 heteroatoms. The van der Waals surface area contributed by atoms with Gasteiger partial charge in [0.25, 0.3) is 5.91 Å². The second kappa shape index (κ2) is 9.87. The molecule has 7 nitrogen and oxygen atoms in total. The second-order valence-electron chi connectivity index (χ2n) is 10.1. The molecular weight excluding hydrogens is 443 g/mol. The van der Waals surface area contributed by atoms with Gasteiger partial charge in [-0.1, -0.05) is 6.92 Å². The van der Waals surface area contributed by atoms with Gasteiger partial charge in [-0.15, -0.1) is 0 Å². The lowest BCUT2D eigenvalue weighted by atomic mass is 9.76. The fraction of sp³-hybridized carbons (Fsp3) is 0.444. The van der Waals surface area contributed by atoms with Crippen LogP contribution in [0.1, 0.15) is 54.9 Å². The molecule has 3 aromatic rings. The second-order valence-corrected chi connectivity index (χ2v) is 10.1. The SMILES string of the molecule is C[C@@H]1C[C@H](N)C[C@H](c2ccncc2NC(=O)c2ccc(F)c3cc(N4CCNC[C@H]4C)cnc23)C1. The van der Waals surface area contributed by atoms with E-state index in [0.717, 1.165) is 50.1 Å². The summed E-state index contributed by atoms with van der Waals surface area (Å²) in [4.78, 5) is 24.4. The van der Waals surface area contributed by atoms with Gasteiger partial charge >= 0.3 is 0 Å². The molecule has 3 heterocycles. The summed E-state index contributed by atoms with van der Waals surface area (Å²) in [6.45, 7) is 6.90. The van der Waals surface area contributed by atoms with E-state index in [1.165, 1.54) is 12.1 Å². The number of rotatable bonds is 4. The number of pyridine rings is 2. The summed E-state index contributed by atoms with van der Waals surface area (Å²) in [7, 11) is 0. The van der Waals surface area contributed by atoms with E-state index in [1.54, 1.807) is 24.7 Å². The molecule has 0 spiro atoms. The summed E-state index contributed by atoms with van der Waals surface area (Å²) in [5.74, 6) is 0.0751. The molecule has 5 rings (SSSR count). The van der Waals surface area contributed by atoms with Crippen LogP contribution < -0.4 is 21.3 Å². The van der Waals surface area contributed by atoms with E-state index in [2.05, 4.69) is 39.3 Å². The number of carbonyl (C=O) groups excluding carboxylic acids is 1. The molecule has 1 saturated carbocycles. The van der Waals surface area contributed by atoms with E-state index in [-0.39, 0.29) is 29.7 Å². The molecule has 1 aliphatic carbocycles. The number of amides is 1. The predicted octanol–water partition coefficient (Wildman–Crippen LogP) is 4.05. The highest BCUT2D eigenvalue weighted by atomic mass is 19.1. The van der Waals surface area contributed by atoms with Gasteiger partial charge in [0, 0.05) is 43.3 Å². The molecule has 2 aliphatic rings. The van der Waals surface area contributed by atoms with Gasteiger partial charge in [0.2, 0.25) is 0 Å². The highest BCUT2D eigenvalue weighted by Crippen LogP contribution is 2.38. The van der Waals surface area contributed by atoms with Crippen molar-refractivity contribution in [1.82, 2.24) is 15.3 Å². The largest absolute Gasteiger partial charge is 0.365 e. The first-order valence-electron chi connectivity index (χ1n) is 12.5. The van der Waals surface area contributed by atoms with E-state index in [9.17, 15) is 9.18 Å². The summed E-state index contributed by atoms with van der Waals surface area (Å²) >= 11 is 0. The zero-order chi connectivity index (χ0) is 24.5. The molecule has 0 bridgehead atoms. The Labute approximate surface area is 205 Å². The first-order chi connectivity index (χ1) is 16.9. The van der Waals surface area contributed by atoms with Gasteiger partial charge in [-0.3, -0.25) is 14.8 Å². The standard InChI is InChI=1S/C27H33FN6O/c1-16-9-18(11-19(29)10-16)21-5-6-30-15-25(21)33-27(35)22-3-4-24(28)23-12-20(14-32-26(22)23)34-8-7-31-13-17(34)2/h3-6,12,14-19,31H,7-11,13,29H2,1-2H3,(H,33,35)/t16-,17+,18+,19-/m0/s1. The van der Waals surface area contributed by atoms with Crippen LogP contribution in [-0.4, -0.2) is 47.6 Å². The van der Waals surface area contributed by atoms with Crippen molar-refractivity contribution < 1.29 is 9.18 Å². The molecule has 0 radical (unpaired) electrons. The van der Waals surface area contributed by atoms with Crippen molar-refractivity contribution in [3.05, 3.63) is 59.8 Å². The highest BCUT2D eigenvalue weighted by molar-refractivity contribution is 6.12. The number of nitrogens with one attached hydrogen (secondary N) is 2. The van der Waals surface area contributed by atoms with Crippen LogP contribution in [0.3, 0.4) is 0 Å². The molecule has 1 aromatic carbocycles. The van der Waals surface area contributed by atoms with Crippen LogP contribution >= 0.6 is 0 Å². The smallest absolute Gasteiger partial charge is 0.257 e. The number of halogens is 1. The van der Waals surface area contributed by atoms with Gasteiger partial charge in [0.15, 0.2) is 0 Å². The van der Waals surface area contributed by atoms with E-state index >= 15 is 0 Å². The molecule has 1 amide bonds. The van der Waals surface area contributed by atoms with Crippen molar-refractivity contribution in [2.45, 2.75) is 51.1 Å². The maximum Gasteiger partial charge on any atom is 0.257 e. The normalized spacial score (nSPS) is 25.0. The summed E-state index contributed by atoms with van der Waals surface area (Å²) in [6, 6.07) is 7.04. The minimum Gasteiger partial charge on any atom is -0.365 e. The lowest BCUT2D eigenvalue weighted by Crippen LogP contribution is -2.49. The van der Waals surface area contributed by atoms with Gasteiger partial charge in [0.1, 0.15) is 5.82 Å². The lowest BCUT2D eigenvalue weighted by molar-refractivity contribution is 0.102. The third kappa shape index (κ3) is 4.86. The van der Waals surface area contributed by atoms with Gasteiger partial charge in [-0.2, -0.15) is 0 Å². The fourth-order valence-corrected chi connectivity index (χ4v) is 5.71. The number of aromatic nitrogens is 2. The molecule has 1 aliphatic heterocycles. The zero-order valence-electron chi connectivity index (χ0n) is 20.3. The molecular formula is C27H33FN6O. The number of nitrogens with two attached hydrogens (primary N) is 1. The molecule has 1 saturated heterocycles. The molecule has 2 fully saturated rings. The van der Waals surface area contributed by atoms with Crippen LogP contribution in [0.25, 0.3) is 10.9 Å². The maximum atomic E-state index is 14.9. The monoisotopic (exact) mass is 476 g/mol. The predicted molar refractivity (Wildman–Crippen MR) is 137 cm³/mol. The van der Waals surface area contributed by atoms with E-state index in [4.69, 9.17) is 5.73 Å². The van der Waals surface area contributed by atoms with Gasteiger partial charge < -0.3 is 21.3 Å². The first-order valence-corrected chi connectivity index (χ1v) is 12.5. The summed E-state index contributed by atoms with van der Waals surface area (Å²) < 4.78 is 14.9. The number of piperazine rings is 1. The Hall–Kier alpha value is -3.10. The summed E-state index contributed by atoms with van der Waals surface area (Å²) in [5.41, 5.74) is 9.57. The number of hydrogen-bond donors (Lipinski definition) is 3. The van der Waals surface area contributed by atoms with Crippen molar-refractivity contribution in [3.8, 4) is 0 Å². The average molecular weight is 477 g/mol. The number of anilines is 2. The fourth-order valence-electron chi connectivity index (χ4n) is 5.71. The Bertz CT molecular complexity index is 1220. The third-order valence-corrected chi connectivity index (χ3v) is 7.38. The number of benzene rings is 1. The molecule has 0 unspecified atom stereocenters. The molecule has 4 N–H and O–H groups in total. The van der Waals surface area contributed by atoms with Gasteiger partial charge in [-0.05, 0) is 67.9 Å². The quantitative estimate of drug-likeness (QED) is 0.526. The Morgan fingerprint density at radius 2 is 2.06 bits per heavy atom. The first kappa shape index (κ1) is 23.6. The average Bonchev–Trinajstić information content (AvgIpc) is 2.84. The highest BCUT2D eigenvalue weighted by Gasteiger charge is 2.28. The number of carbonyl (C=O) groups is 1. The van der Waals surface area contributed by atoms with Crippen molar-refractivity contribution in [2.24, 2.45) is 11.7 Å². The minimum absolute atomic E-state index is 0.151. The number of hydrogen-bond acceptors (Lipinski definition) is 6. The van der Waals surface area contributed by atoms with E-state index in [0.29, 0.717) is 28.1 Å². The van der Waals surface area contributed by atoms with Crippen LogP contribution in [0.15, 0.2) is 42.9 Å². The van der Waals surface area contributed by atoms with Gasteiger partial charge in [-0.25, -0.2) is 4.39 Å². The van der Waals surface area contributed by atoms with Gasteiger partial charge in [0.05, 0.1) is 34.8 Å². The van der Waals surface area contributed by atoms with Crippen molar-refractivity contribution >= 4 is 28.2 Å². The van der Waals surface area contributed by atoms with Crippen LogP contribution in [0, 0.1) is 11.7 Å². The van der Waals surface area contributed by atoms with Crippen molar-refractivity contribution in [1.29, 1.82) is 0 Å². The van der Waals surface area contributed by atoms with E-state index < -0.39 is 0 Å². The molecule has 4 atom stereocenters. The minimum atomic E-state index is -0.388.